The lowest BCUT2D eigenvalue weighted by Gasteiger charge is -2.44. The molecule has 3 nitrogen and oxygen atoms in total. The summed E-state index contributed by atoms with van der Waals surface area (Å²) in [4.78, 5) is 2.61. The third-order valence-electron chi connectivity index (χ3n) is 5.03. The van der Waals surface area contributed by atoms with Gasteiger partial charge in [-0.2, -0.15) is 0 Å². The minimum absolute atomic E-state index is 0.224. The third kappa shape index (κ3) is 4.17. The fraction of sp³-hybridized carbons (Fsp3) is 1.00. The Morgan fingerprint density at radius 2 is 1.95 bits per heavy atom. The maximum atomic E-state index is 6.12. The fourth-order valence-electron chi connectivity index (χ4n) is 3.86. The first kappa shape index (κ1) is 15.3. The lowest BCUT2D eigenvalue weighted by Crippen LogP contribution is -2.60. The molecule has 2 unspecified atom stereocenters. The van der Waals surface area contributed by atoms with E-state index in [1.165, 1.54) is 51.7 Å². The minimum Gasteiger partial charge on any atom is -0.329 e. The lowest BCUT2D eigenvalue weighted by atomic mass is 9.86. The van der Waals surface area contributed by atoms with Gasteiger partial charge in [-0.05, 0) is 57.0 Å². The molecule has 1 saturated carbocycles. The van der Waals surface area contributed by atoms with E-state index in [0.717, 1.165) is 24.4 Å². The molecule has 3 heteroatoms. The van der Waals surface area contributed by atoms with Crippen LogP contribution in [0, 0.1) is 11.8 Å². The molecule has 1 aliphatic carbocycles. The molecule has 0 aromatic heterocycles. The zero-order valence-electron chi connectivity index (χ0n) is 13.1. The van der Waals surface area contributed by atoms with E-state index in [1.54, 1.807) is 0 Å². The Bertz CT molecular complexity index is 269. The molecule has 112 valence electrons. The molecule has 0 radical (unpaired) electrons. The van der Waals surface area contributed by atoms with Gasteiger partial charge in [-0.1, -0.05) is 20.8 Å². The third-order valence-corrected chi connectivity index (χ3v) is 5.03. The van der Waals surface area contributed by atoms with Gasteiger partial charge in [-0.3, -0.25) is 0 Å². The highest BCUT2D eigenvalue weighted by Crippen LogP contribution is 2.29. The first-order chi connectivity index (χ1) is 9.03. The van der Waals surface area contributed by atoms with Gasteiger partial charge in [-0.25, -0.2) is 0 Å². The number of hydrogen-bond donors (Lipinski definition) is 2. The molecule has 0 spiro atoms. The summed E-state index contributed by atoms with van der Waals surface area (Å²) >= 11 is 0. The summed E-state index contributed by atoms with van der Waals surface area (Å²) in [6, 6.07) is 0.718. The molecule has 1 aliphatic heterocycles. The van der Waals surface area contributed by atoms with Crippen LogP contribution in [0.25, 0.3) is 0 Å². The summed E-state index contributed by atoms with van der Waals surface area (Å²) in [5.74, 6) is 1.67. The van der Waals surface area contributed by atoms with Gasteiger partial charge >= 0.3 is 0 Å². The normalized spacial score (nSPS) is 32.1. The topological polar surface area (TPSA) is 41.3 Å². The SMILES string of the molecule is CC(C)CN1CCC(CN)(NC2CCC(C)C2)CC1. The summed E-state index contributed by atoms with van der Waals surface area (Å²) in [5, 5.41) is 3.93. The van der Waals surface area contributed by atoms with Gasteiger partial charge < -0.3 is 16.0 Å². The summed E-state index contributed by atoms with van der Waals surface area (Å²) in [6.07, 6.45) is 6.52. The van der Waals surface area contributed by atoms with Crippen LogP contribution in [-0.2, 0) is 0 Å². The number of likely N-dealkylation sites (tertiary alicyclic amines) is 1. The minimum atomic E-state index is 0.224. The fourth-order valence-corrected chi connectivity index (χ4v) is 3.86. The van der Waals surface area contributed by atoms with Crippen LogP contribution < -0.4 is 11.1 Å². The average Bonchev–Trinajstić information content (AvgIpc) is 2.77. The average molecular weight is 267 g/mol. The molecule has 0 aromatic carbocycles. The highest BCUT2D eigenvalue weighted by atomic mass is 15.2. The van der Waals surface area contributed by atoms with Crippen LogP contribution >= 0.6 is 0 Å². The maximum Gasteiger partial charge on any atom is 0.0330 e. The number of rotatable bonds is 5. The van der Waals surface area contributed by atoms with Crippen molar-refractivity contribution in [1.29, 1.82) is 0 Å². The van der Waals surface area contributed by atoms with Gasteiger partial charge in [0.05, 0.1) is 0 Å². The smallest absolute Gasteiger partial charge is 0.0330 e. The van der Waals surface area contributed by atoms with Crippen molar-refractivity contribution in [1.82, 2.24) is 10.2 Å². The van der Waals surface area contributed by atoms with Crippen LogP contribution in [0.1, 0.15) is 52.9 Å². The molecule has 3 N–H and O–H groups in total. The molecule has 2 fully saturated rings. The molecular weight excluding hydrogens is 234 g/mol. The molecule has 0 bridgehead atoms. The Labute approximate surface area is 119 Å². The van der Waals surface area contributed by atoms with E-state index in [9.17, 15) is 0 Å². The van der Waals surface area contributed by atoms with E-state index < -0.39 is 0 Å². The standard InChI is InChI=1S/C16H33N3/c1-13(2)11-19-8-6-16(12-17,7-9-19)18-15-5-4-14(3)10-15/h13-15,18H,4-12,17H2,1-3H3. The maximum absolute atomic E-state index is 6.12. The Hall–Kier alpha value is -0.120. The quantitative estimate of drug-likeness (QED) is 0.802. The van der Waals surface area contributed by atoms with Gasteiger partial charge in [0.2, 0.25) is 0 Å². The molecular formula is C16H33N3. The number of nitrogens with one attached hydrogen (secondary N) is 1. The van der Waals surface area contributed by atoms with E-state index in [-0.39, 0.29) is 5.54 Å². The Kier molecular flexibility index (Phi) is 5.27. The van der Waals surface area contributed by atoms with Crippen molar-refractivity contribution in [3.63, 3.8) is 0 Å². The molecule has 2 aliphatic rings. The summed E-state index contributed by atoms with van der Waals surface area (Å²) in [7, 11) is 0. The van der Waals surface area contributed by atoms with Crippen LogP contribution in [0.5, 0.6) is 0 Å². The summed E-state index contributed by atoms with van der Waals surface area (Å²) < 4.78 is 0. The number of piperidine rings is 1. The summed E-state index contributed by atoms with van der Waals surface area (Å²) in [6.45, 7) is 11.5. The van der Waals surface area contributed by atoms with Crippen molar-refractivity contribution in [2.45, 2.75) is 64.5 Å². The molecule has 0 amide bonds. The van der Waals surface area contributed by atoms with Crippen molar-refractivity contribution >= 4 is 0 Å². The predicted molar refractivity (Wildman–Crippen MR) is 82.2 cm³/mol. The van der Waals surface area contributed by atoms with Crippen molar-refractivity contribution in [2.75, 3.05) is 26.2 Å². The van der Waals surface area contributed by atoms with Crippen LogP contribution in [0.3, 0.4) is 0 Å². The second-order valence-corrected chi connectivity index (χ2v) is 7.44. The van der Waals surface area contributed by atoms with Crippen molar-refractivity contribution in [3.05, 3.63) is 0 Å². The zero-order valence-corrected chi connectivity index (χ0v) is 13.1. The van der Waals surface area contributed by atoms with Gasteiger partial charge in [0.1, 0.15) is 0 Å². The van der Waals surface area contributed by atoms with Gasteiger partial charge in [0, 0.05) is 24.7 Å². The van der Waals surface area contributed by atoms with Crippen LogP contribution in [0.2, 0.25) is 0 Å². The monoisotopic (exact) mass is 267 g/mol. The predicted octanol–water partition coefficient (Wildman–Crippen LogP) is 2.21. The second-order valence-electron chi connectivity index (χ2n) is 7.44. The van der Waals surface area contributed by atoms with E-state index >= 15 is 0 Å². The number of nitrogens with zero attached hydrogens (tertiary/aromatic N) is 1. The highest BCUT2D eigenvalue weighted by Gasteiger charge is 2.36. The van der Waals surface area contributed by atoms with Crippen LogP contribution in [-0.4, -0.2) is 42.7 Å². The number of hydrogen-bond acceptors (Lipinski definition) is 3. The molecule has 2 rings (SSSR count). The van der Waals surface area contributed by atoms with Gasteiger partial charge in [-0.15, -0.1) is 0 Å². The molecule has 0 aromatic rings. The molecule has 1 saturated heterocycles. The lowest BCUT2D eigenvalue weighted by molar-refractivity contribution is 0.119. The van der Waals surface area contributed by atoms with E-state index in [2.05, 4.69) is 31.0 Å². The zero-order chi connectivity index (χ0) is 13.9. The van der Waals surface area contributed by atoms with Gasteiger partial charge in [0.15, 0.2) is 0 Å². The van der Waals surface area contributed by atoms with Crippen molar-refractivity contribution in [2.24, 2.45) is 17.6 Å². The molecule has 1 heterocycles. The van der Waals surface area contributed by atoms with Crippen molar-refractivity contribution < 1.29 is 0 Å². The van der Waals surface area contributed by atoms with E-state index in [4.69, 9.17) is 5.73 Å². The highest BCUT2D eigenvalue weighted by molar-refractivity contribution is 4.97. The van der Waals surface area contributed by atoms with Crippen LogP contribution in [0.4, 0.5) is 0 Å². The van der Waals surface area contributed by atoms with E-state index in [0.29, 0.717) is 0 Å². The van der Waals surface area contributed by atoms with Gasteiger partial charge in [0.25, 0.3) is 0 Å². The molecule has 2 atom stereocenters. The Balaban J connectivity index is 1.83. The first-order valence-electron chi connectivity index (χ1n) is 8.23. The van der Waals surface area contributed by atoms with Crippen molar-refractivity contribution in [3.8, 4) is 0 Å². The molecule has 19 heavy (non-hydrogen) atoms. The summed E-state index contributed by atoms with van der Waals surface area (Å²) in [5.41, 5.74) is 6.34. The van der Waals surface area contributed by atoms with E-state index in [1.807, 2.05) is 0 Å². The first-order valence-corrected chi connectivity index (χ1v) is 8.23. The largest absolute Gasteiger partial charge is 0.329 e. The van der Waals surface area contributed by atoms with Crippen LogP contribution in [0.15, 0.2) is 0 Å². The Morgan fingerprint density at radius 3 is 2.42 bits per heavy atom. The Morgan fingerprint density at radius 1 is 1.26 bits per heavy atom. The second kappa shape index (κ2) is 6.55. The number of nitrogens with two attached hydrogens (primary N) is 1.